The predicted molar refractivity (Wildman–Crippen MR) is 92.4 cm³/mol. The van der Waals surface area contributed by atoms with Crippen LogP contribution in [-0.4, -0.2) is 18.4 Å². The summed E-state index contributed by atoms with van der Waals surface area (Å²) in [6, 6.07) is 9.48. The highest BCUT2D eigenvalue weighted by molar-refractivity contribution is 6.00. The third-order valence-corrected chi connectivity index (χ3v) is 3.78. The van der Waals surface area contributed by atoms with Crippen LogP contribution >= 0.6 is 0 Å². The van der Waals surface area contributed by atoms with Crippen LogP contribution in [0.1, 0.15) is 44.6 Å². The van der Waals surface area contributed by atoms with Crippen LogP contribution in [0.3, 0.4) is 0 Å². The third-order valence-electron chi connectivity index (χ3n) is 3.78. The van der Waals surface area contributed by atoms with Crippen molar-refractivity contribution in [3.63, 3.8) is 0 Å². The van der Waals surface area contributed by atoms with E-state index in [1.165, 1.54) is 25.3 Å². The summed E-state index contributed by atoms with van der Waals surface area (Å²) in [4.78, 5) is 23.6. The zero-order chi connectivity index (χ0) is 16.5. The molecule has 0 fully saturated rings. The quantitative estimate of drug-likeness (QED) is 0.626. The summed E-state index contributed by atoms with van der Waals surface area (Å²) in [5, 5.41) is 5.50. The predicted octanol–water partition coefficient (Wildman–Crippen LogP) is 3.17. The van der Waals surface area contributed by atoms with Gasteiger partial charge in [0.1, 0.15) is 5.70 Å². The van der Waals surface area contributed by atoms with Crippen molar-refractivity contribution in [1.82, 2.24) is 10.6 Å². The van der Waals surface area contributed by atoms with E-state index >= 15 is 0 Å². The molecule has 0 aromatic heterocycles. The van der Waals surface area contributed by atoms with Crippen LogP contribution in [0.5, 0.6) is 0 Å². The summed E-state index contributed by atoms with van der Waals surface area (Å²) in [5.74, 6) is -0.502. The number of hydrogen-bond donors (Lipinski definition) is 2. The Morgan fingerprint density at radius 2 is 1.96 bits per heavy atom. The van der Waals surface area contributed by atoms with E-state index in [1.807, 2.05) is 30.3 Å². The Morgan fingerprint density at radius 1 is 1.17 bits per heavy atom. The molecule has 4 heteroatoms. The molecule has 0 spiro atoms. The van der Waals surface area contributed by atoms with Gasteiger partial charge in [0.25, 0.3) is 5.91 Å². The molecule has 1 aromatic carbocycles. The fourth-order valence-electron chi connectivity index (χ4n) is 2.63. The molecule has 1 aliphatic carbocycles. The molecule has 0 radical (unpaired) electrons. The average Bonchev–Trinajstić information content (AvgIpc) is 2.56. The fraction of sp³-hybridized carbons (Fsp3) is 0.368. The van der Waals surface area contributed by atoms with Crippen molar-refractivity contribution in [2.75, 3.05) is 6.54 Å². The van der Waals surface area contributed by atoms with Gasteiger partial charge >= 0.3 is 0 Å². The van der Waals surface area contributed by atoms with Crippen LogP contribution in [0.4, 0.5) is 0 Å². The van der Waals surface area contributed by atoms with Gasteiger partial charge in [-0.25, -0.2) is 0 Å². The molecule has 122 valence electrons. The number of amides is 2. The second-order valence-corrected chi connectivity index (χ2v) is 5.76. The molecule has 2 N–H and O–H groups in total. The van der Waals surface area contributed by atoms with Gasteiger partial charge in [-0.1, -0.05) is 42.0 Å². The minimum absolute atomic E-state index is 0.250. The van der Waals surface area contributed by atoms with Gasteiger partial charge < -0.3 is 10.6 Å². The lowest BCUT2D eigenvalue weighted by Crippen LogP contribution is -2.34. The van der Waals surface area contributed by atoms with Crippen LogP contribution in [0.25, 0.3) is 6.08 Å². The molecule has 0 saturated heterocycles. The van der Waals surface area contributed by atoms with E-state index in [-0.39, 0.29) is 17.5 Å². The molecule has 4 nitrogen and oxygen atoms in total. The Kier molecular flexibility index (Phi) is 6.60. The second-order valence-electron chi connectivity index (χ2n) is 5.76. The lowest BCUT2D eigenvalue weighted by atomic mass is 9.97. The lowest BCUT2D eigenvalue weighted by Gasteiger charge is -2.14. The maximum Gasteiger partial charge on any atom is 0.267 e. The molecule has 2 rings (SSSR count). The summed E-state index contributed by atoms with van der Waals surface area (Å²) in [6.07, 6.45) is 9.64. The Labute approximate surface area is 137 Å². The SMILES string of the molecule is CC(=O)NC(=Cc1ccccc1)C(=O)NCCC1=CCCCC1. The highest BCUT2D eigenvalue weighted by atomic mass is 16.2. The van der Waals surface area contributed by atoms with Crippen molar-refractivity contribution in [3.8, 4) is 0 Å². The summed E-state index contributed by atoms with van der Waals surface area (Å²) >= 11 is 0. The van der Waals surface area contributed by atoms with Crippen LogP contribution in [0.15, 0.2) is 47.7 Å². The van der Waals surface area contributed by atoms with E-state index in [9.17, 15) is 9.59 Å². The summed E-state index contributed by atoms with van der Waals surface area (Å²) in [6.45, 7) is 2.00. The molecular formula is C19H24N2O2. The summed E-state index contributed by atoms with van der Waals surface area (Å²) in [5.41, 5.74) is 2.58. The number of carbonyl (C=O) groups excluding carboxylic acids is 2. The highest BCUT2D eigenvalue weighted by Gasteiger charge is 2.11. The van der Waals surface area contributed by atoms with Gasteiger partial charge in [0.05, 0.1) is 0 Å². The highest BCUT2D eigenvalue weighted by Crippen LogP contribution is 2.19. The largest absolute Gasteiger partial charge is 0.350 e. The molecular weight excluding hydrogens is 288 g/mol. The van der Waals surface area contributed by atoms with E-state index < -0.39 is 0 Å². The Morgan fingerprint density at radius 3 is 2.61 bits per heavy atom. The van der Waals surface area contributed by atoms with Crippen molar-refractivity contribution in [1.29, 1.82) is 0 Å². The molecule has 23 heavy (non-hydrogen) atoms. The zero-order valence-electron chi connectivity index (χ0n) is 13.6. The first-order valence-corrected chi connectivity index (χ1v) is 8.15. The number of rotatable bonds is 6. The number of allylic oxidation sites excluding steroid dienone is 1. The molecule has 1 aliphatic rings. The molecule has 0 bridgehead atoms. The Bertz CT molecular complexity index is 603. The first-order chi connectivity index (χ1) is 11.1. The van der Waals surface area contributed by atoms with Gasteiger partial charge in [0, 0.05) is 13.5 Å². The minimum Gasteiger partial charge on any atom is -0.350 e. The van der Waals surface area contributed by atoms with Crippen molar-refractivity contribution in [3.05, 3.63) is 53.2 Å². The normalized spacial score (nSPS) is 14.8. The van der Waals surface area contributed by atoms with Gasteiger partial charge in [-0.2, -0.15) is 0 Å². The van der Waals surface area contributed by atoms with Gasteiger partial charge in [0.2, 0.25) is 5.91 Å². The fourth-order valence-corrected chi connectivity index (χ4v) is 2.63. The van der Waals surface area contributed by atoms with Crippen LogP contribution in [0, 0.1) is 0 Å². The lowest BCUT2D eigenvalue weighted by molar-refractivity contribution is -0.122. The molecule has 0 aliphatic heterocycles. The molecule has 0 atom stereocenters. The van der Waals surface area contributed by atoms with Crippen LogP contribution in [0.2, 0.25) is 0 Å². The van der Waals surface area contributed by atoms with Gasteiger partial charge in [-0.15, -0.1) is 0 Å². The van der Waals surface area contributed by atoms with Crippen molar-refractivity contribution >= 4 is 17.9 Å². The van der Waals surface area contributed by atoms with E-state index in [1.54, 1.807) is 6.08 Å². The molecule has 2 amide bonds. The van der Waals surface area contributed by atoms with Crippen molar-refractivity contribution in [2.45, 2.75) is 39.0 Å². The summed E-state index contributed by atoms with van der Waals surface area (Å²) < 4.78 is 0. The van der Waals surface area contributed by atoms with Gasteiger partial charge in [-0.05, 0) is 43.7 Å². The standard InChI is InChI=1S/C19H24N2O2/c1-15(22)21-18(14-17-10-6-3-7-11-17)19(23)20-13-12-16-8-4-2-5-9-16/h3,6-8,10-11,14H,2,4-5,9,12-13H2,1H3,(H,20,23)(H,21,22). The maximum atomic E-state index is 12.3. The molecule has 1 aromatic rings. The van der Waals surface area contributed by atoms with Crippen LogP contribution in [-0.2, 0) is 9.59 Å². The van der Waals surface area contributed by atoms with E-state index in [4.69, 9.17) is 0 Å². The van der Waals surface area contributed by atoms with Crippen molar-refractivity contribution in [2.24, 2.45) is 0 Å². The first-order valence-electron chi connectivity index (χ1n) is 8.15. The summed E-state index contributed by atoms with van der Waals surface area (Å²) in [7, 11) is 0. The topological polar surface area (TPSA) is 58.2 Å². The molecule has 0 unspecified atom stereocenters. The number of hydrogen-bond acceptors (Lipinski definition) is 2. The minimum atomic E-state index is -0.252. The average molecular weight is 312 g/mol. The maximum absolute atomic E-state index is 12.3. The van der Waals surface area contributed by atoms with Gasteiger partial charge in [0.15, 0.2) is 0 Å². The molecule has 0 saturated carbocycles. The van der Waals surface area contributed by atoms with Gasteiger partial charge in [-0.3, -0.25) is 9.59 Å². The Balaban J connectivity index is 1.95. The molecule has 0 heterocycles. The number of carbonyl (C=O) groups is 2. The Hall–Kier alpha value is -2.36. The zero-order valence-corrected chi connectivity index (χ0v) is 13.6. The number of benzene rings is 1. The van der Waals surface area contributed by atoms with E-state index in [2.05, 4.69) is 16.7 Å². The van der Waals surface area contributed by atoms with E-state index in [0.717, 1.165) is 24.8 Å². The smallest absolute Gasteiger partial charge is 0.267 e. The number of nitrogens with one attached hydrogen (secondary N) is 2. The van der Waals surface area contributed by atoms with Crippen molar-refractivity contribution < 1.29 is 9.59 Å². The first kappa shape index (κ1) is 17.0. The van der Waals surface area contributed by atoms with Crippen LogP contribution < -0.4 is 10.6 Å². The third kappa shape index (κ3) is 6.10. The van der Waals surface area contributed by atoms with E-state index in [0.29, 0.717) is 6.54 Å². The second kappa shape index (κ2) is 8.93. The monoisotopic (exact) mass is 312 g/mol.